The third kappa shape index (κ3) is 1.26. The summed E-state index contributed by atoms with van der Waals surface area (Å²) in [5.41, 5.74) is 7.03. The Hall–Kier alpha value is -1.69. The molecule has 2 aromatic rings. The summed E-state index contributed by atoms with van der Waals surface area (Å²) in [7, 11) is 0. The second kappa shape index (κ2) is 3.41. The van der Waals surface area contributed by atoms with Crippen LogP contribution in [-0.4, -0.2) is 30.7 Å². The van der Waals surface area contributed by atoms with Gasteiger partial charge in [0.1, 0.15) is 11.8 Å². The van der Waals surface area contributed by atoms with Crippen molar-refractivity contribution in [2.75, 3.05) is 5.73 Å². The van der Waals surface area contributed by atoms with Crippen LogP contribution in [-0.2, 0) is 0 Å². The van der Waals surface area contributed by atoms with Crippen LogP contribution in [0.15, 0.2) is 12.7 Å². The first-order valence-corrected chi connectivity index (χ1v) is 5.38. The number of aromatic nitrogens is 4. The number of aliphatic hydroxyl groups excluding tert-OH is 1. The third-order valence-corrected chi connectivity index (χ3v) is 3.19. The number of fused-ring (bicyclic) bond motifs is 1. The molecule has 0 aromatic carbocycles. The molecule has 0 radical (unpaired) electrons. The van der Waals surface area contributed by atoms with Gasteiger partial charge in [0, 0.05) is 0 Å². The van der Waals surface area contributed by atoms with Gasteiger partial charge in [-0.1, -0.05) is 0 Å². The van der Waals surface area contributed by atoms with Crippen molar-refractivity contribution in [2.24, 2.45) is 0 Å². The Morgan fingerprint density at radius 1 is 1.31 bits per heavy atom. The molecule has 0 saturated heterocycles. The average molecular weight is 219 g/mol. The Morgan fingerprint density at radius 2 is 2.19 bits per heavy atom. The molecule has 2 aromatic heterocycles. The highest BCUT2D eigenvalue weighted by Crippen LogP contribution is 2.32. The van der Waals surface area contributed by atoms with E-state index in [2.05, 4.69) is 15.0 Å². The van der Waals surface area contributed by atoms with Gasteiger partial charge in [-0.15, -0.1) is 0 Å². The van der Waals surface area contributed by atoms with Gasteiger partial charge in [0.05, 0.1) is 18.5 Å². The number of nitrogens with two attached hydrogens (primary N) is 1. The smallest absolute Gasteiger partial charge is 0.165 e. The van der Waals surface area contributed by atoms with E-state index < -0.39 is 0 Å². The van der Waals surface area contributed by atoms with E-state index in [4.69, 9.17) is 5.73 Å². The molecule has 84 valence electrons. The SMILES string of the molecule is Nc1ncnc2c1ncn2[C@H]1CCC[C@H]1O. The van der Waals surface area contributed by atoms with Gasteiger partial charge in [0.2, 0.25) is 0 Å². The van der Waals surface area contributed by atoms with Crippen molar-refractivity contribution < 1.29 is 5.11 Å². The molecule has 0 bridgehead atoms. The molecule has 3 rings (SSSR count). The summed E-state index contributed by atoms with van der Waals surface area (Å²) in [6.07, 6.45) is 5.63. The molecule has 0 spiro atoms. The van der Waals surface area contributed by atoms with E-state index >= 15 is 0 Å². The fourth-order valence-corrected chi connectivity index (χ4v) is 2.36. The molecule has 0 amide bonds. The Labute approximate surface area is 92.1 Å². The standard InChI is InChI=1S/C10H13N5O/c11-9-8-10(13-4-12-9)15(5-14-8)6-2-1-3-7(6)16/h4-7,16H,1-3H2,(H2,11,12,13)/t6-,7+/m0/s1. The molecule has 1 aliphatic rings. The molecule has 6 heteroatoms. The summed E-state index contributed by atoms with van der Waals surface area (Å²) in [4.78, 5) is 12.3. The maximum Gasteiger partial charge on any atom is 0.165 e. The van der Waals surface area contributed by atoms with E-state index in [0.717, 1.165) is 19.3 Å². The number of hydrogen-bond donors (Lipinski definition) is 2. The minimum absolute atomic E-state index is 0.0688. The molecule has 0 unspecified atom stereocenters. The first kappa shape index (κ1) is 9.53. The van der Waals surface area contributed by atoms with Gasteiger partial charge in [0.15, 0.2) is 11.5 Å². The molecule has 2 heterocycles. The van der Waals surface area contributed by atoms with Crippen LogP contribution in [0.5, 0.6) is 0 Å². The van der Waals surface area contributed by atoms with Crippen molar-refractivity contribution in [1.82, 2.24) is 19.5 Å². The lowest BCUT2D eigenvalue weighted by molar-refractivity contribution is 0.138. The Bertz CT molecular complexity index is 523. The molecular weight excluding hydrogens is 206 g/mol. The second-order valence-corrected chi connectivity index (χ2v) is 4.15. The lowest BCUT2D eigenvalue weighted by atomic mass is 10.2. The molecule has 2 atom stereocenters. The number of nitrogens with zero attached hydrogens (tertiary/aromatic N) is 4. The van der Waals surface area contributed by atoms with Crippen LogP contribution in [0, 0.1) is 0 Å². The number of aliphatic hydroxyl groups is 1. The molecule has 6 nitrogen and oxygen atoms in total. The van der Waals surface area contributed by atoms with Crippen LogP contribution >= 0.6 is 0 Å². The first-order valence-electron chi connectivity index (χ1n) is 5.38. The molecule has 1 saturated carbocycles. The largest absolute Gasteiger partial charge is 0.391 e. The molecular formula is C10H13N5O. The summed E-state index contributed by atoms with van der Waals surface area (Å²) >= 11 is 0. The zero-order valence-corrected chi connectivity index (χ0v) is 8.74. The van der Waals surface area contributed by atoms with Crippen molar-refractivity contribution in [3.05, 3.63) is 12.7 Å². The highest BCUT2D eigenvalue weighted by Gasteiger charge is 2.28. The maximum absolute atomic E-state index is 9.87. The minimum Gasteiger partial charge on any atom is -0.391 e. The number of rotatable bonds is 1. The fourth-order valence-electron chi connectivity index (χ4n) is 2.36. The quantitative estimate of drug-likeness (QED) is 0.728. The number of nitrogen functional groups attached to an aromatic ring is 1. The summed E-state index contributed by atoms with van der Waals surface area (Å²) in [5.74, 6) is 0.385. The number of imidazole rings is 1. The topological polar surface area (TPSA) is 89.9 Å². The maximum atomic E-state index is 9.87. The van der Waals surface area contributed by atoms with Crippen LogP contribution in [0.25, 0.3) is 11.2 Å². The molecule has 0 aliphatic heterocycles. The lowest BCUT2D eigenvalue weighted by Gasteiger charge is -2.16. The summed E-state index contributed by atoms with van der Waals surface area (Å²) in [6.45, 7) is 0. The van der Waals surface area contributed by atoms with Crippen molar-refractivity contribution in [1.29, 1.82) is 0 Å². The van der Waals surface area contributed by atoms with E-state index in [9.17, 15) is 5.11 Å². The monoisotopic (exact) mass is 219 g/mol. The number of anilines is 1. The minimum atomic E-state index is -0.311. The highest BCUT2D eigenvalue weighted by molar-refractivity contribution is 5.81. The van der Waals surface area contributed by atoms with E-state index in [-0.39, 0.29) is 12.1 Å². The van der Waals surface area contributed by atoms with Crippen molar-refractivity contribution in [3.63, 3.8) is 0 Å². The van der Waals surface area contributed by atoms with Gasteiger partial charge in [-0.05, 0) is 19.3 Å². The van der Waals surface area contributed by atoms with E-state index in [1.807, 2.05) is 4.57 Å². The van der Waals surface area contributed by atoms with Crippen LogP contribution in [0.1, 0.15) is 25.3 Å². The van der Waals surface area contributed by atoms with Crippen LogP contribution in [0.3, 0.4) is 0 Å². The van der Waals surface area contributed by atoms with Crippen molar-refractivity contribution >= 4 is 17.0 Å². The van der Waals surface area contributed by atoms with Crippen LogP contribution < -0.4 is 5.73 Å². The van der Waals surface area contributed by atoms with Crippen LogP contribution in [0.4, 0.5) is 5.82 Å². The summed E-state index contributed by atoms with van der Waals surface area (Å²) in [5, 5.41) is 9.87. The third-order valence-electron chi connectivity index (χ3n) is 3.19. The van der Waals surface area contributed by atoms with Gasteiger partial charge < -0.3 is 15.4 Å². The lowest BCUT2D eigenvalue weighted by Crippen LogP contribution is -2.17. The number of hydrogen-bond acceptors (Lipinski definition) is 5. The molecule has 16 heavy (non-hydrogen) atoms. The van der Waals surface area contributed by atoms with Crippen molar-refractivity contribution in [2.45, 2.75) is 31.4 Å². The predicted octanol–water partition coefficient (Wildman–Crippen LogP) is 0.494. The normalized spacial score (nSPS) is 25.3. The molecule has 1 fully saturated rings. The zero-order chi connectivity index (χ0) is 11.1. The van der Waals surface area contributed by atoms with E-state index in [0.29, 0.717) is 17.0 Å². The molecule has 1 aliphatic carbocycles. The Balaban J connectivity index is 2.14. The Kier molecular flexibility index (Phi) is 2.03. The predicted molar refractivity (Wildman–Crippen MR) is 58.6 cm³/mol. The first-order chi connectivity index (χ1) is 7.77. The highest BCUT2D eigenvalue weighted by atomic mass is 16.3. The zero-order valence-electron chi connectivity index (χ0n) is 8.74. The fraction of sp³-hybridized carbons (Fsp3) is 0.500. The summed E-state index contributed by atoms with van der Waals surface area (Å²) in [6, 6.07) is 0.0688. The van der Waals surface area contributed by atoms with Crippen LogP contribution in [0.2, 0.25) is 0 Å². The van der Waals surface area contributed by atoms with Gasteiger partial charge >= 0.3 is 0 Å². The van der Waals surface area contributed by atoms with Gasteiger partial charge in [-0.3, -0.25) is 0 Å². The molecule has 3 N–H and O–H groups in total. The van der Waals surface area contributed by atoms with Gasteiger partial charge in [0.25, 0.3) is 0 Å². The van der Waals surface area contributed by atoms with E-state index in [1.54, 1.807) is 6.33 Å². The second-order valence-electron chi connectivity index (χ2n) is 4.15. The van der Waals surface area contributed by atoms with Gasteiger partial charge in [-0.25, -0.2) is 15.0 Å². The van der Waals surface area contributed by atoms with E-state index in [1.165, 1.54) is 6.33 Å². The van der Waals surface area contributed by atoms with Crippen molar-refractivity contribution in [3.8, 4) is 0 Å². The van der Waals surface area contributed by atoms with Gasteiger partial charge in [-0.2, -0.15) is 0 Å². The summed E-state index contributed by atoms with van der Waals surface area (Å²) < 4.78 is 1.91. The average Bonchev–Trinajstić information content (AvgIpc) is 2.84. The Morgan fingerprint density at radius 3 is 2.94 bits per heavy atom.